The first-order valence-corrected chi connectivity index (χ1v) is 5.21. The zero-order valence-electron chi connectivity index (χ0n) is 9.49. The van der Waals surface area contributed by atoms with Gasteiger partial charge in [-0.3, -0.25) is 0 Å². The van der Waals surface area contributed by atoms with Gasteiger partial charge in [0, 0.05) is 5.69 Å². The van der Waals surface area contributed by atoms with Gasteiger partial charge in [-0.1, -0.05) is 17.7 Å². The smallest absolute Gasteiger partial charge is 0.133 e. The highest BCUT2D eigenvalue weighted by molar-refractivity contribution is 5.61. The summed E-state index contributed by atoms with van der Waals surface area (Å²) < 4.78 is 0. The summed E-state index contributed by atoms with van der Waals surface area (Å²) in [6, 6.07) is 10.1. The Balaban J connectivity index is 2.23. The number of hydrogen-bond acceptors (Lipinski definition) is 3. The lowest BCUT2D eigenvalue weighted by molar-refractivity contribution is 1.26. The lowest BCUT2D eigenvalue weighted by Gasteiger charge is -2.09. The molecule has 1 aromatic carbocycles. The minimum Gasteiger partial charge on any atom is -0.397 e. The van der Waals surface area contributed by atoms with Crippen LogP contribution in [-0.4, -0.2) is 4.98 Å². The Morgan fingerprint density at radius 3 is 2.44 bits per heavy atom. The molecule has 0 saturated carbocycles. The van der Waals surface area contributed by atoms with Crippen LogP contribution in [0.25, 0.3) is 0 Å². The fourth-order valence-electron chi connectivity index (χ4n) is 1.50. The van der Waals surface area contributed by atoms with E-state index in [0.29, 0.717) is 5.69 Å². The van der Waals surface area contributed by atoms with E-state index in [2.05, 4.69) is 29.4 Å². The van der Waals surface area contributed by atoms with Crippen LogP contribution in [0.5, 0.6) is 0 Å². The molecular weight excluding hydrogens is 198 g/mol. The number of aryl methyl sites for hydroxylation is 2. The van der Waals surface area contributed by atoms with Crippen molar-refractivity contribution in [1.82, 2.24) is 4.98 Å². The van der Waals surface area contributed by atoms with Gasteiger partial charge >= 0.3 is 0 Å². The summed E-state index contributed by atoms with van der Waals surface area (Å²) in [6.07, 6.45) is 1.66. The number of nitrogens with one attached hydrogen (secondary N) is 1. The molecule has 3 heteroatoms. The molecule has 1 aromatic heterocycles. The second-order valence-corrected chi connectivity index (χ2v) is 3.93. The SMILES string of the molecule is Cc1ccc(Nc2ncc(N)cc2C)cc1. The molecule has 0 spiro atoms. The number of aromatic nitrogens is 1. The average Bonchev–Trinajstić information content (AvgIpc) is 2.25. The minimum absolute atomic E-state index is 0.687. The van der Waals surface area contributed by atoms with Crippen molar-refractivity contribution in [2.45, 2.75) is 13.8 Å². The van der Waals surface area contributed by atoms with Crippen LogP contribution in [0.3, 0.4) is 0 Å². The van der Waals surface area contributed by atoms with Gasteiger partial charge in [0.2, 0.25) is 0 Å². The Kier molecular flexibility index (Phi) is 2.77. The molecule has 0 atom stereocenters. The Bertz CT molecular complexity index is 489. The monoisotopic (exact) mass is 213 g/mol. The molecule has 1 heterocycles. The first kappa shape index (κ1) is 10.5. The minimum atomic E-state index is 0.687. The third-order valence-electron chi connectivity index (χ3n) is 2.41. The normalized spacial score (nSPS) is 10.1. The third-order valence-corrected chi connectivity index (χ3v) is 2.41. The molecule has 0 saturated heterocycles. The second-order valence-electron chi connectivity index (χ2n) is 3.93. The summed E-state index contributed by atoms with van der Waals surface area (Å²) in [5.41, 5.74) is 9.66. The van der Waals surface area contributed by atoms with Gasteiger partial charge in [-0.25, -0.2) is 4.98 Å². The van der Waals surface area contributed by atoms with Gasteiger partial charge in [-0.15, -0.1) is 0 Å². The molecule has 3 nitrogen and oxygen atoms in total. The highest BCUT2D eigenvalue weighted by atomic mass is 15.0. The number of anilines is 3. The first-order valence-electron chi connectivity index (χ1n) is 5.21. The topological polar surface area (TPSA) is 50.9 Å². The molecule has 0 aliphatic heterocycles. The summed E-state index contributed by atoms with van der Waals surface area (Å²) in [5.74, 6) is 0.845. The van der Waals surface area contributed by atoms with Crippen LogP contribution in [0.4, 0.5) is 17.2 Å². The standard InChI is InChI=1S/C13H15N3/c1-9-3-5-12(6-4-9)16-13-10(2)7-11(14)8-15-13/h3-8H,14H2,1-2H3,(H,15,16). The maximum atomic E-state index is 5.65. The van der Waals surface area contributed by atoms with Crippen molar-refractivity contribution in [3.05, 3.63) is 47.7 Å². The second kappa shape index (κ2) is 4.23. The fourth-order valence-corrected chi connectivity index (χ4v) is 1.50. The predicted molar refractivity (Wildman–Crippen MR) is 67.8 cm³/mol. The summed E-state index contributed by atoms with van der Waals surface area (Å²) in [7, 11) is 0. The van der Waals surface area contributed by atoms with Gasteiger partial charge in [-0.2, -0.15) is 0 Å². The van der Waals surface area contributed by atoms with E-state index >= 15 is 0 Å². The Morgan fingerprint density at radius 2 is 1.81 bits per heavy atom. The molecule has 0 unspecified atom stereocenters. The molecule has 0 amide bonds. The van der Waals surface area contributed by atoms with Gasteiger partial charge in [-0.05, 0) is 37.6 Å². The van der Waals surface area contributed by atoms with Gasteiger partial charge < -0.3 is 11.1 Å². The number of pyridine rings is 1. The largest absolute Gasteiger partial charge is 0.397 e. The molecule has 0 bridgehead atoms. The molecule has 82 valence electrons. The van der Waals surface area contributed by atoms with Crippen molar-refractivity contribution in [2.75, 3.05) is 11.1 Å². The van der Waals surface area contributed by atoms with Gasteiger partial charge in [0.15, 0.2) is 0 Å². The molecule has 2 aromatic rings. The number of benzene rings is 1. The maximum Gasteiger partial charge on any atom is 0.133 e. The van der Waals surface area contributed by atoms with Gasteiger partial charge in [0.05, 0.1) is 11.9 Å². The van der Waals surface area contributed by atoms with E-state index in [-0.39, 0.29) is 0 Å². The average molecular weight is 213 g/mol. The molecule has 16 heavy (non-hydrogen) atoms. The summed E-state index contributed by atoms with van der Waals surface area (Å²) in [6.45, 7) is 4.05. The maximum absolute atomic E-state index is 5.65. The third kappa shape index (κ3) is 2.31. The van der Waals surface area contributed by atoms with E-state index in [4.69, 9.17) is 5.73 Å². The van der Waals surface area contributed by atoms with E-state index in [1.165, 1.54) is 5.56 Å². The lowest BCUT2D eigenvalue weighted by atomic mass is 10.2. The summed E-state index contributed by atoms with van der Waals surface area (Å²) >= 11 is 0. The van der Waals surface area contributed by atoms with Crippen molar-refractivity contribution >= 4 is 17.2 Å². The van der Waals surface area contributed by atoms with E-state index in [1.807, 2.05) is 25.1 Å². The summed E-state index contributed by atoms with van der Waals surface area (Å²) in [4.78, 5) is 4.26. The van der Waals surface area contributed by atoms with Crippen LogP contribution in [0, 0.1) is 13.8 Å². The van der Waals surface area contributed by atoms with E-state index < -0.39 is 0 Å². The molecule has 0 aliphatic carbocycles. The lowest BCUT2D eigenvalue weighted by Crippen LogP contribution is -1.97. The van der Waals surface area contributed by atoms with E-state index in [1.54, 1.807) is 6.20 Å². The van der Waals surface area contributed by atoms with Crippen LogP contribution in [0.15, 0.2) is 36.5 Å². The van der Waals surface area contributed by atoms with E-state index in [9.17, 15) is 0 Å². The Morgan fingerprint density at radius 1 is 1.12 bits per heavy atom. The predicted octanol–water partition coefficient (Wildman–Crippen LogP) is 3.02. The molecule has 2 rings (SSSR count). The van der Waals surface area contributed by atoms with Crippen LogP contribution in [-0.2, 0) is 0 Å². The van der Waals surface area contributed by atoms with Crippen molar-refractivity contribution in [2.24, 2.45) is 0 Å². The number of hydrogen-bond donors (Lipinski definition) is 2. The van der Waals surface area contributed by atoms with Crippen molar-refractivity contribution in [3.8, 4) is 0 Å². The highest BCUT2D eigenvalue weighted by Crippen LogP contribution is 2.19. The zero-order valence-corrected chi connectivity index (χ0v) is 9.49. The molecule has 0 aliphatic rings. The van der Waals surface area contributed by atoms with Crippen LogP contribution < -0.4 is 11.1 Å². The van der Waals surface area contributed by atoms with Crippen molar-refractivity contribution in [3.63, 3.8) is 0 Å². The fraction of sp³-hybridized carbons (Fsp3) is 0.154. The van der Waals surface area contributed by atoms with Crippen LogP contribution in [0.1, 0.15) is 11.1 Å². The molecular formula is C13H15N3. The zero-order chi connectivity index (χ0) is 11.5. The quantitative estimate of drug-likeness (QED) is 0.806. The number of nitrogens with zero attached hydrogens (tertiary/aromatic N) is 1. The van der Waals surface area contributed by atoms with Crippen molar-refractivity contribution in [1.29, 1.82) is 0 Å². The number of nitrogen functional groups attached to an aromatic ring is 1. The number of rotatable bonds is 2. The van der Waals surface area contributed by atoms with Gasteiger partial charge in [0.1, 0.15) is 5.82 Å². The molecule has 0 fully saturated rings. The van der Waals surface area contributed by atoms with Crippen LogP contribution in [0.2, 0.25) is 0 Å². The highest BCUT2D eigenvalue weighted by Gasteiger charge is 2.00. The summed E-state index contributed by atoms with van der Waals surface area (Å²) in [5, 5.41) is 3.26. The number of nitrogens with two attached hydrogens (primary N) is 1. The van der Waals surface area contributed by atoms with Crippen LogP contribution >= 0.6 is 0 Å². The Hall–Kier alpha value is -2.03. The van der Waals surface area contributed by atoms with Crippen molar-refractivity contribution < 1.29 is 0 Å². The molecule has 3 N–H and O–H groups in total. The van der Waals surface area contributed by atoms with E-state index in [0.717, 1.165) is 17.1 Å². The first-order chi connectivity index (χ1) is 7.65. The van der Waals surface area contributed by atoms with Gasteiger partial charge in [0.25, 0.3) is 0 Å². The Labute approximate surface area is 95.3 Å². The molecule has 0 radical (unpaired) electrons.